The molecule has 3 aromatic rings. The highest BCUT2D eigenvalue weighted by molar-refractivity contribution is 6.51. The van der Waals surface area contributed by atoms with Gasteiger partial charge in [0, 0.05) is 12.3 Å². The van der Waals surface area contributed by atoms with E-state index >= 15 is 0 Å². The third-order valence-corrected chi connectivity index (χ3v) is 4.13. The van der Waals surface area contributed by atoms with Gasteiger partial charge in [0.25, 0.3) is 5.56 Å². The van der Waals surface area contributed by atoms with E-state index in [1.165, 1.54) is 29.7 Å². The number of pyridine rings is 1. The molecule has 0 aliphatic heterocycles. The van der Waals surface area contributed by atoms with Gasteiger partial charge in [0.2, 0.25) is 0 Å². The molecule has 3 rings (SSSR count). The summed E-state index contributed by atoms with van der Waals surface area (Å²) in [5.74, 6) is 0.0503. The van der Waals surface area contributed by atoms with E-state index in [0.29, 0.717) is 16.9 Å². The summed E-state index contributed by atoms with van der Waals surface area (Å²) in [6, 6.07) is 9.33. The molecular formula is C19H15ClF2N2O3. The van der Waals surface area contributed by atoms with E-state index < -0.39 is 6.61 Å². The van der Waals surface area contributed by atoms with Crippen LogP contribution in [0.4, 0.5) is 8.78 Å². The summed E-state index contributed by atoms with van der Waals surface area (Å²) in [5.41, 5.74) is 1.96. The van der Waals surface area contributed by atoms with Crippen LogP contribution in [0.25, 0.3) is 16.8 Å². The highest BCUT2D eigenvalue weighted by Gasteiger charge is 2.12. The van der Waals surface area contributed by atoms with Crippen molar-refractivity contribution in [3.8, 4) is 11.5 Å². The average Bonchev–Trinajstić information content (AvgIpc) is 2.63. The molecule has 0 saturated carbocycles. The first kappa shape index (κ1) is 18.8. The Hall–Kier alpha value is -2.93. The molecule has 27 heavy (non-hydrogen) atoms. The molecule has 0 N–H and O–H groups in total. The van der Waals surface area contributed by atoms with Crippen molar-refractivity contribution in [3.05, 3.63) is 69.8 Å². The lowest BCUT2D eigenvalue weighted by Crippen LogP contribution is -2.15. The summed E-state index contributed by atoms with van der Waals surface area (Å²) >= 11 is 6.34. The molecule has 0 spiro atoms. The fraction of sp³-hybridized carbons (Fsp3) is 0.158. The quantitative estimate of drug-likeness (QED) is 0.647. The van der Waals surface area contributed by atoms with E-state index in [9.17, 15) is 13.6 Å². The van der Waals surface area contributed by atoms with E-state index in [2.05, 4.69) is 9.72 Å². The van der Waals surface area contributed by atoms with Crippen LogP contribution in [-0.2, 0) is 0 Å². The number of hydrogen-bond donors (Lipinski definition) is 0. The highest BCUT2D eigenvalue weighted by Crippen LogP contribution is 2.31. The van der Waals surface area contributed by atoms with Gasteiger partial charge in [-0.25, -0.2) is 4.98 Å². The lowest BCUT2D eigenvalue weighted by Gasteiger charge is -2.10. The molecule has 0 unspecified atom stereocenters. The molecule has 0 amide bonds. The van der Waals surface area contributed by atoms with Crippen molar-refractivity contribution in [1.82, 2.24) is 9.38 Å². The van der Waals surface area contributed by atoms with Gasteiger partial charge in [0.15, 0.2) is 11.5 Å². The largest absolute Gasteiger partial charge is 0.493 e. The highest BCUT2D eigenvalue weighted by atomic mass is 35.5. The minimum atomic E-state index is -2.96. The van der Waals surface area contributed by atoms with Gasteiger partial charge in [-0.3, -0.25) is 9.20 Å². The Labute approximate surface area is 158 Å². The van der Waals surface area contributed by atoms with Crippen LogP contribution < -0.4 is 15.0 Å². The topological polar surface area (TPSA) is 52.8 Å². The van der Waals surface area contributed by atoms with Crippen LogP contribution in [0.1, 0.15) is 16.8 Å². The summed E-state index contributed by atoms with van der Waals surface area (Å²) in [6.07, 6.45) is 3.19. The number of fused-ring (bicyclic) bond motifs is 1. The monoisotopic (exact) mass is 392 g/mol. The second-order valence-electron chi connectivity index (χ2n) is 5.65. The van der Waals surface area contributed by atoms with Crippen molar-refractivity contribution in [2.75, 3.05) is 7.11 Å². The number of rotatable bonds is 5. The summed E-state index contributed by atoms with van der Waals surface area (Å²) in [6.45, 7) is -1.11. The maximum absolute atomic E-state index is 12.4. The van der Waals surface area contributed by atoms with Gasteiger partial charge in [-0.1, -0.05) is 23.7 Å². The molecule has 1 aromatic carbocycles. The van der Waals surface area contributed by atoms with Crippen LogP contribution in [0.15, 0.2) is 47.4 Å². The molecule has 2 aromatic heterocycles. The maximum Gasteiger partial charge on any atom is 0.387 e. The van der Waals surface area contributed by atoms with Crippen LogP contribution in [0.5, 0.6) is 11.5 Å². The Morgan fingerprint density at radius 2 is 2.04 bits per heavy atom. The minimum absolute atomic E-state index is 0.0847. The lowest BCUT2D eigenvalue weighted by molar-refractivity contribution is -0.0512. The van der Waals surface area contributed by atoms with E-state index in [1.807, 2.05) is 13.0 Å². The lowest BCUT2D eigenvalue weighted by atomic mass is 10.1. The van der Waals surface area contributed by atoms with Crippen molar-refractivity contribution in [1.29, 1.82) is 0 Å². The van der Waals surface area contributed by atoms with E-state index in [0.717, 1.165) is 5.56 Å². The summed E-state index contributed by atoms with van der Waals surface area (Å²) in [5, 5.41) is 0.224. The van der Waals surface area contributed by atoms with Crippen LogP contribution in [0.3, 0.4) is 0 Å². The van der Waals surface area contributed by atoms with Crippen LogP contribution in [-0.4, -0.2) is 23.1 Å². The van der Waals surface area contributed by atoms with Crippen LogP contribution in [0.2, 0.25) is 0 Å². The number of methoxy groups -OCH3 is 1. The maximum atomic E-state index is 12.4. The number of benzene rings is 1. The Balaban J connectivity index is 2.02. The molecule has 0 radical (unpaired) electrons. The van der Waals surface area contributed by atoms with Gasteiger partial charge in [0.05, 0.1) is 17.8 Å². The summed E-state index contributed by atoms with van der Waals surface area (Å²) in [7, 11) is 1.34. The van der Waals surface area contributed by atoms with E-state index in [1.54, 1.807) is 24.4 Å². The van der Waals surface area contributed by atoms with Crippen molar-refractivity contribution in [3.63, 3.8) is 0 Å². The molecule has 8 heteroatoms. The Morgan fingerprint density at radius 1 is 1.26 bits per heavy atom. The fourth-order valence-electron chi connectivity index (χ4n) is 2.57. The van der Waals surface area contributed by atoms with Crippen molar-refractivity contribution in [2.45, 2.75) is 13.5 Å². The van der Waals surface area contributed by atoms with Crippen molar-refractivity contribution in [2.24, 2.45) is 0 Å². The first-order valence-electron chi connectivity index (χ1n) is 7.88. The van der Waals surface area contributed by atoms with Crippen molar-refractivity contribution < 1.29 is 18.3 Å². The SMILES string of the molecule is COc1cc(/C=C(\Cl)c2cc(=O)n3cccc(C)c3n2)ccc1OC(F)F. The number of aromatic nitrogens is 2. The third kappa shape index (κ3) is 4.09. The van der Waals surface area contributed by atoms with Crippen molar-refractivity contribution >= 4 is 28.4 Å². The zero-order chi connectivity index (χ0) is 19.6. The molecule has 5 nitrogen and oxygen atoms in total. The first-order valence-corrected chi connectivity index (χ1v) is 8.26. The minimum Gasteiger partial charge on any atom is -0.493 e. The zero-order valence-corrected chi connectivity index (χ0v) is 15.2. The number of halogens is 3. The molecule has 0 atom stereocenters. The predicted molar refractivity (Wildman–Crippen MR) is 99.5 cm³/mol. The van der Waals surface area contributed by atoms with E-state index in [-0.39, 0.29) is 22.1 Å². The van der Waals surface area contributed by atoms with Crippen LogP contribution >= 0.6 is 11.6 Å². The smallest absolute Gasteiger partial charge is 0.387 e. The number of ether oxygens (including phenoxy) is 2. The average molecular weight is 393 g/mol. The Kier molecular flexibility index (Phi) is 5.41. The predicted octanol–water partition coefficient (Wildman–Crippen LogP) is 4.35. The summed E-state index contributed by atoms with van der Waals surface area (Å²) in [4.78, 5) is 16.7. The summed E-state index contributed by atoms with van der Waals surface area (Å²) < 4.78 is 35.7. The Morgan fingerprint density at radius 3 is 2.74 bits per heavy atom. The molecular weight excluding hydrogens is 378 g/mol. The van der Waals surface area contributed by atoms with Crippen LogP contribution in [0, 0.1) is 6.92 Å². The number of aryl methyl sites for hydroxylation is 1. The second kappa shape index (κ2) is 7.75. The molecule has 2 heterocycles. The van der Waals surface area contributed by atoms with Gasteiger partial charge in [-0.2, -0.15) is 8.78 Å². The Bertz CT molecular complexity index is 1080. The van der Waals surface area contributed by atoms with Gasteiger partial charge in [0.1, 0.15) is 5.65 Å². The number of alkyl halides is 2. The third-order valence-electron chi connectivity index (χ3n) is 3.83. The molecule has 0 aliphatic rings. The van der Waals surface area contributed by atoms with Gasteiger partial charge in [-0.15, -0.1) is 0 Å². The molecule has 0 saturated heterocycles. The van der Waals surface area contributed by atoms with Gasteiger partial charge < -0.3 is 9.47 Å². The number of nitrogens with zero attached hydrogens (tertiary/aromatic N) is 2. The first-order chi connectivity index (χ1) is 12.9. The normalized spacial score (nSPS) is 11.9. The molecule has 0 aliphatic carbocycles. The molecule has 140 valence electrons. The van der Waals surface area contributed by atoms with Gasteiger partial charge in [-0.05, 0) is 42.3 Å². The molecule has 0 bridgehead atoms. The fourth-order valence-corrected chi connectivity index (χ4v) is 2.79. The standard InChI is InChI=1S/C19H15ClF2N2O3/c1-11-4-3-7-24-17(25)10-14(23-18(11)24)13(20)8-12-5-6-15(27-19(21)22)16(9-12)26-2/h3-10,19H,1-2H3/b13-8-. The second-order valence-corrected chi connectivity index (χ2v) is 6.05. The van der Waals surface area contributed by atoms with E-state index in [4.69, 9.17) is 16.3 Å². The zero-order valence-electron chi connectivity index (χ0n) is 14.4. The van der Waals surface area contributed by atoms with Gasteiger partial charge >= 0.3 is 6.61 Å². The number of hydrogen-bond acceptors (Lipinski definition) is 4. The molecule has 0 fully saturated rings.